The summed E-state index contributed by atoms with van der Waals surface area (Å²) >= 11 is 5.91. The predicted molar refractivity (Wildman–Crippen MR) is 110 cm³/mol. The molecule has 0 aliphatic heterocycles. The van der Waals surface area contributed by atoms with Crippen LogP contribution in [0.15, 0.2) is 60.9 Å². The van der Waals surface area contributed by atoms with Gasteiger partial charge in [-0.05, 0) is 29.8 Å². The van der Waals surface area contributed by atoms with Gasteiger partial charge < -0.3 is 15.7 Å². The summed E-state index contributed by atoms with van der Waals surface area (Å²) in [6.45, 7) is 1.40. The molecule has 0 saturated heterocycles. The van der Waals surface area contributed by atoms with Gasteiger partial charge in [0.15, 0.2) is 5.82 Å². The van der Waals surface area contributed by atoms with Crippen LogP contribution in [0, 0.1) is 0 Å². The van der Waals surface area contributed by atoms with E-state index in [2.05, 4.69) is 20.6 Å². The molecular formula is C21H19ClN4O3. The number of hydrogen-bond acceptors (Lipinski definition) is 5. The Labute approximate surface area is 172 Å². The molecule has 3 N–H and O–H groups in total. The number of amides is 2. The number of anilines is 1. The average molecular weight is 411 g/mol. The van der Waals surface area contributed by atoms with Crippen molar-refractivity contribution >= 4 is 29.1 Å². The molecule has 0 aliphatic carbocycles. The normalized spacial score (nSPS) is 11.5. The highest BCUT2D eigenvalue weighted by atomic mass is 35.5. The summed E-state index contributed by atoms with van der Waals surface area (Å²) in [5.74, 6) is 0.00911. The van der Waals surface area contributed by atoms with Crippen LogP contribution in [-0.4, -0.2) is 26.9 Å². The molecule has 0 aliphatic rings. The zero-order valence-electron chi connectivity index (χ0n) is 15.6. The number of carbonyl (C=O) groups is 2. The van der Waals surface area contributed by atoms with Gasteiger partial charge in [0.2, 0.25) is 11.8 Å². The quantitative estimate of drug-likeness (QED) is 0.574. The van der Waals surface area contributed by atoms with Gasteiger partial charge in [0.25, 0.3) is 0 Å². The van der Waals surface area contributed by atoms with E-state index in [-0.39, 0.29) is 24.0 Å². The summed E-state index contributed by atoms with van der Waals surface area (Å²) in [7, 11) is 0. The van der Waals surface area contributed by atoms with Gasteiger partial charge in [0.1, 0.15) is 5.75 Å². The highest BCUT2D eigenvalue weighted by Gasteiger charge is 2.17. The Balaban J connectivity index is 1.68. The molecule has 29 heavy (non-hydrogen) atoms. The SMILES string of the molecule is CC(=O)NC(CC(=O)Nc1cnc(-c2cccc(O)c2)nc1)c1ccc(Cl)cc1. The number of benzene rings is 2. The number of carbonyl (C=O) groups excluding carboxylic acids is 2. The molecule has 1 atom stereocenters. The fourth-order valence-electron chi connectivity index (χ4n) is 2.78. The minimum atomic E-state index is -0.489. The number of nitrogens with zero attached hydrogens (tertiary/aromatic N) is 2. The van der Waals surface area contributed by atoms with E-state index in [0.29, 0.717) is 22.1 Å². The Morgan fingerprint density at radius 1 is 1.10 bits per heavy atom. The highest BCUT2D eigenvalue weighted by Crippen LogP contribution is 2.22. The van der Waals surface area contributed by atoms with E-state index in [4.69, 9.17) is 11.6 Å². The summed E-state index contributed by atoms with van der Waals surface area (Å²) in [5.41, 5.74) is 1.86. The Morgan fingerprint density at radius 3 is 2.41 bits per heavy atom. The van der Waals surface area contributed by atoms with Crippen molar-refractivity contribution in [1.29, 1.82) is 0 Å². The Kier molecular flexibility index (Phi) is 6.41. The van der Waals surface area contributed by atoms with Gasteiger partial charge in [0.05, 0.1) is 30.5 Å². The molecule has 0 radical (unpaired) electrons. The van der Waals surface area contributed by atoms with Crippen molar-refractivity contribution in [3.63, 3.8) is 0 Å². The lowest BCUT2D eigenvalue weighted by molar-refractivity contribution is -0.120. The van der Waals surface area contributed by atoms with Crippen LogP contribution in [0.1, 0.15) is 24.9 Å². The molecule has 1 unspecified atom stereocenters. The summed E-state index contributed by atoms with van der Waals surface area (Å²) in [4.78, 5) is 32.4. The lowest BCUT2D eigenvalue weighted by Crippen LogP contribution is -2.29. The van der Waals surface area contributed by atoms with Crippen molar-refractivity contribution in [2.24, 2.45) is 0 Å². The van der Waals surface area contributed by atoms with Crippen LogP contribution in [0.3, 0.4) is 0 Å². The monoisotopic (exact) mass is 410 g/mol. The molecule has 3 rings (SSSR count). The fourth-order valence-corrected chi connectivity index (χ4v) is 2.90. The molecule has 7 nitrogen and oxygen atoms in total. The summed E-state index contributed by atoms with van der Waals surface area (Å²) in [6, 6.07) is 13.0. The first kappa shape index (κ1) is 20.3. The zero-order chi connectivity index (χ0) is 20.8. The van der Waals surface area contributed by atoms with E-state index in [1.165, 1.54) is 19.3 Å². The van der Waals surface area contributed by atoms with Crippen molar-refractivity contribution in [3.8, 4) is 17.1 Å². The second-order valence-electron chi connectivity index (χ2n) is 6.40. The number of nitrogens with one attached hydrogen (secondary N) is 2. The van der Waals surface area contributed by atoms with Crippen LogP contribution in [0.25, 0.3) is 11.4 Å². The standard InChI is InChI=1S/C21H19ClN4O3/c1-13(27)25-19(14-5-7-16(22)8-6-14)10-20(29)26-17-11-23-21(24-12-17)15-3-2-4-18(28)9-15/h2-9,11-12,19,28H,10H2,1H3,(H,25,27)(H,26,29). The first-order chi connectivity index (χ1) is 13.9. The van der Waals surface area contributed by atoms with Crippen molar-refractivity contribution in [2.75, 3.05) is 5.32 Å². The molecule has 8 heteroatoms. The van der Waals surface area contributed by atoms with E-state index in [9.17, 15) is 14.7 Å². The molecule has 0 spiro atoms. The van der Waals surface area contributed by atoms with Crippen LogP contribution < -0.4 is 10.6 Å². The molecule has 0 saturated carbocycles. The molecule has 0 bridgehead atoms. The van der Waals surface area contributed by atoms with E-state index in [0.717, 1.165) is 5.56 Å². The summed E-state index contributed by atoms with van der Waals surface area (Å²) in [5, 5.41) is 15.6. The number of halogens is 1. The maximum atomic E-state index is 12.5. The van der Waals surface area contributed by atoms with Gasteiger partial charge in [-0.25, -0.2) is 9.97 Å². The lowest BCUT2D eigenvalue weighted by Gasteiger charge is -2.18. The van der Waals surface area contributed by atoms with E-state index < -0.39 is 6.04 Å². The van der Waals surface area contributed by atoms with Crippen LogP contribution >= 0.6 is 11.6 Å². The maximum absolute atomic E-state index is 12.5. The highest BCUT2D eigenvalue weighted by molar-refractivity contribution is 6.30. The van der Waals surface area contributed by atoms with Crippen molar-refractivity contribution in [3.05, 3.63) is 71.5 Å². The van der Waals surface area contributed by atoms with Gasteiger partial charge in [-0.1, -0.05) is 35.9 Å². The third kappa shape index (κ3) is 5.76. The molecule has 3 aromatic rings. The summed E-state index contributed by atoms with van der Waals surface area (Å²) < 4.78 is 0. The second kappa shape index (κ2) is 9.16. The molecule has 148 valence electrons. The van der Waals surface area contributed by atoms with E-state index in [1.807, 2.05) is 0 Å². The Bertz CT molecular complexity index is 1010. The molecule has 1 heterocycles. The second-order valence-corrected chi connectivity index (χ2v) is 6.84. The fraction of sp³-hybridized carbons (Fsp3) is 0.143. The van der Waals surface area contributed by atoms with Gasteiger partial charge in [0, 0.05) is 17.5 Å². The number of aromatic hydroxyl groups is 1. The molecule has 2 amide bonds. The largest absolute Gasteiger partial charge is 0.508 e. The predicted octanol–water partition coefficient (Wildman–Crippen LogP) is 3.71. The van der Waals surface area contributed by atoms with Gasteiger partial charge in [-0.15, -0.1) is 0 Å². The Hall–Kier alpha value is -3.45. The van der Waals surface area contributed by atoms with Gasteiger partial charge >= 0.3 is 0 Å². The topological polar surface area (TPSA) is 104 Å². The summed E-state index contributed by atoms with van der Waals surface area (Å²) in [6.07, 6.45) is 3.01. The van der Waals surface area contributed by atoms with E-state index in [1.54, 1.807) is 48.5 Å². The maximum Gasteiger partial charge on any atom is 0.226 e. The molecular weight excluding hydrogens is 392 g/mol. The molecule has 2 aromatic carbocycles. The van der Waals surface area contributed by atoms with Gasteiger partial charge in [-0.3, -0.25) is 9.59 Å². The number of phenols is 1. The van der Waals surface area contributed by atoms with Crippen molar-refractivity contribution < 1.29 is 14.7 Å². The lowest BCUT2D eigenvalue weighted by atomic mass is 10.0. The first-order valence-electron chi connectivity index (χ1n) is 8.84. The molecule has 0 fully saturated rings. The third-order valence-corrected chi connectivity index (χ3v) is 4.33. The first-order valence-corrected chi connectivity index (χ1v) is 9.22. The van der Waals surface area contributed by atoms with Crippen molar-refractivity contribution in [1.82, 2.24) is 15.3 Å². The van der Waals surface area contributed by atoms with Crippen LogP contribution in [-0.2, 0) is 9.59 Å². The smallest absolute Gasteiger partial charge is 0.226 e. The zero-order valence-corrected chi connectivity index (χ0v) is 16.3. The number of hydrogen-bond donors (Lipinski definition) is 3. The minimum absolute atomic E-state index is 0.0372. The van der Waals surface area contributed by atoms with E-state index >= 15 is 0 Å². The minimum Gasteiger partial charge on any atom is -0.508 e. The average Bonchev–Trinajstić information content (AvgIpc) is 2.68. The third-order valence-electron chi connectivity index (χ3n) is 4.08. The van der Waals surface area contributed by atoms with Crippen LogP contribution in [0.4, 0.5) is 5.69 Å². The van der Waals surface area contributed by atoms with Crippen LogP contribution in [0.5, 0.6) is 5.75 Å². The number of aromatic nitrogens is 2. The van der Waals surface area contributed by atoms with Gasteiger partial charge in [-0.2, -0.15) is 0 Å². The van der Waals surface area contributed by atoms with Crippen molar-refractivity contribution in [2.45, 2.75) is 19.4 Å². The Morgan fingerprint density at radius 2 is 1.79 bits per heavy atom. The number of phenolic OH excluding ortho intramolecular Hbond substituents is 1. The van der Waals surface area contributed by atoms with Crippen LogP contribution in [0.2, 0.25) is 5.02 Å². The molecule has 1 aromatic heterocycles. The number of rotatable bonds is 6.